The largest absolute Gasteiger partial charge is 0.480 e. The predicted octanol–water partition coefficient (Wildman–Crippen LogP) is 2.48. The van der Waals surface area contributed by atoms with Crippen LogP contribution >= 0.6 is 0 Å². The van der Waals surface area contributed by atoms with E-state index in [1.54, 1.807) is 0 Å². The maximum Gasteiger partial charge on any atom is 0.326 e. The average Bonchev–Trinajstić information content (AvgIpc) is 2.72. The molecule has 0 fully saturated rings. The maximum absolute atomic E-state index is 11.3. The molecule has 1 aromatic carbocycles. The van der Waals surface area contributed by atoms with Gasteiger partial charge < -0.3 is 15.0 Å². The number of nitrogens with zero attached hydrogens (tertiary/aromatic N) is 2. The Kier molecular flexibility index (Phi) is 3.74. The Labute approximate surface area is 112 Å². The van der Waals surface area contributed by atoms with Gasteiger partial charge in [-0.2, -0.15) is 0 Å². The third-order valence-electron chi connectivity index (χ3n) is 3.55. The number of carboxylic acid groups (broad SMARTS) is 1. The number of hydrogen-bond donors (Lipinski definition) is 2. The minimum Gasteiger partial charge on any atom is -0.480 e. The van der Waals surface area contributed by atoms with Crippen LogP contribution in [0.1, 0.15) is 20.3 Å². The fourth-order valence-corrected chi connectivity index (χ4v) is 2.10. The normalized spacial score (nSPS) is 14.3. The Hall–Kier alpha value is -2.04. The molecular weight excluding hydrogens is 242 g/mol. The molecule has 0 aliphatic heterocycles. The first kappa shape index (κ1) is 13.4. The Bertz CT molecular complexity index is 591. The molecule has 2 rings (SSSR count). The van der Waals surface area contributed by atoms with Gasteiger partial charge in [-0.15, -0.1) is 0 Å². The molecule has 0 aliphatic carbocycles. The number of rotatable bonds is 5. The molecular formula is C14H19N3O2. The summed E-state index contributed by atoms with van der Waals surface area (Å²) >= 11 is 0. The van der Waals surface area contributed by atoms with Crippen LogP contribution in [0.15, 0.2) is 24.3 Å². The van der Waals surface area contributed by atoms with Crippen LogP contribution in [-0.2, 0) is 11.8 Å². The number of carbonyl (C=O) groups is 1. The summed E-state index contributed by atoms with van der Waals surface area (Å²) in [6.07, 6.45) is 0.800. The standard InChI is InChI=1S/C14H19N3O2/c1-4-9(2)12(13(18)19)16-14-15-10-7-5-6-8-11(10)17(14)3/h5-9,12H,4H2,1-3H3,(H,15,16)(H,18,19)/t9-,12-/m0/s1. The number of nitrogens with one attached hydrogen (secondary N) is 1. The van der Waals surface area contributed by atoms with E-state index < -0.39 is 12.0 Å². The van der Waals surface area contributed by atoms with Gasteiger partial charge in [-0.05, 0) is 18.1 Å². The zero-order valence-corrected chi connectivity index (χ0v) is 11.4. The van der Waals surface area contributed by atoms with E-state index in [1.807, 2.05) is 49.7 Å². The van der Waals surface area contributed by atoms with E-state index in [4.69, 9.17) is 0 Å². The molecule has 0 bridgehead atoms. The fraction of sp³-hybridized carbons (Fsp3) is 0.429. The van der Waals surface area contributed by atoms with Gasteiger partial charge in [0.1, 0.15) is 6.04 Å². The molecule has 0 spiro atoms. The van der Waals surface area contributed by atoms with Crippen LogP contribution in [0.5, 0.6) is 0 Å². The summed E-state index contributed by atoms with van der Waals surface area (Å²) in [5.74, 6) is -0.215. The molecule has 0 saturated carbocycles. The number of benzene rings is 1. The second-order valence-corrected chi connectivity index (χ2v) is 4.83. The van der Waals surface area contributed by atoms with Crippen LogP contribution < -0.4 is 5.32 Å². The quantitative estimate of drug-likeness (QED) is 0.867. The molecule has 0 saturated heterocycles. The number of anilines is 1. The van der Waals surface area contributed by atoms with Gasteiger partial charge in [-0.1, -0.05) is 32.4 Å². The van der Waals surface area contributed by atoms with Gasteiger partial charge in [0.15, 0.2) is 0 Å². The highest BCUT2D eigenvalue weighted by molar-refractivity contribution is 5.81. The first-order valence-electron chi connectivity index (χ1n) is 6.45. The van der Waals surface area contributed by atoms with E-state index in [0.717, 1.165) is 17.5 Å². The number of aliphatic carboxylic acids is 1. The van der Waals surface area contributed by atoms with Crippen LogP contribution in [0.25, 0.3) is 11.0 Å². The fourth-order valence-electron chi connectivity index (χ4n) is 2.10. The first-order valence-corrected chi connectivity index (χ1v) is 6.45. The van der Waals surface area contributed by atoms with E-state index in [1.165, 1.54) is 0 Å². The van der Waals surface area contributed by atoms with Crippen molar-refractivity contribution in [3.8, 4) is 0 Å². The van der Waals surface area contributed by atoms with E-state index in [-0.39, 0.29) is 5.92 Å². The summed E-state index contributed by atoms with van der Waals surface area (Å²) in [7, 11) is 1.88. The van der Waals surface area contributed by atoms with Gasteiger partial charge in [0, 0.05) is 7.05 Å². The van der Waals surface area contributed by atoms with Crippen molar-refractivity contribution in [1.82, 2.24) is 9.55 Å². The van der Waals surface area contributed by atoms with Gasteiger partial charge in [0.2, 0.25) is 5.95 Å². The number of fused-ring (bicyclic) bond motifs is 1. The van der Waals surface area contributed by atoms with Crippen molar-refractivity contribution < 1.29 is 9.90 Å². The summed E-state index contributed by atoms with van der Waals surface area (Å²) < 4.78 is 1.88. The number of aryl methyl sites for hydroxylation is 1. The summed E-state index contributed by atoms with van der Waals surface area (Å²) in [4.78, 5) is 15.8. The highest BCUT2D eigenvalue weighted by Crippen LogP contribution is 2.20. The number of para-hydroxylation sites is 2. The van der Waals surface area contributed by atoms with E-state index in [2.05, 4.69) is 10.3 Å². The van der Waals surface area contributed by atoms with Crippen molar-refractivity contribution in [2.24, 2.45) is 13.0 Å². The van der Waals surface area contributed by atoms with Crippen LogP contribution in [-0.4, -0.2) is 26.7 Å². The predicted molar refractivity (Wildman–Crippen MR) is 75.2 cm³/mol. The Morgan fingerprint density at radius 3 is 2.74 bits per heavy atom. The van der Waals surface area contributed by atoms with Crippen molar-refractivity contribution in [2.45, 2.75) is 26.3 Å². The second kappa shape index (κ2) is 5.30. The molecule has 1 aromatic heterocycles. The SMILES string of the molecule is CC[C@H](C)[C@H](Nc1nc2ccccc2n1C)C(=O)O. The van der Waals surface area contributed by atoms with Crippen LogP contribution in [0.2, 0.25) is 0 Å². The minimum absolute atomic E-state index is 0.0392. The Morgan fingerprint density at radius 2 is 2.16 bits per heavy atom. The first-order chi connectivity index (χ1) is 9.04. The molecule has 2 aromatic rings. The number of hydrogen-bond acceptors (Lipinski definition) is 3. The van der Waals surface area contributed by atoms with Crippen molar-refractivity contribution >= 4 is 23.0 Å². The number of carboxylic acids is 1. The summed E-state index contributed by atoms with van der Waals surface area (Å²) in [6.45, 7) is 3.91. The molecule has 2 N–H and O–H groups in total. The molecule has 2 atom stereocenters. The summed E-state index contributed by atoms with van der Waals surface area (Å²) in [6, 6.07) is 7.12. The summed E-state index contributed by atoms with van der Waals surface area (Å²) in [5.41, 5.74) is 1.85. The molecule has 5 nitrogen and oxygen atoms in total. The Morgan fingerprint density at radius 1 is 1.47 bits per heavy atom. The number of imidazole rings is 1. The minimum atomic E-state index is -0.846. The van der Waals surface area contributed by atoms with Crippen LogP contribution in [0.3, 0.4) is 0 Å². The van der Waals surface area contributed by atoms with Gasteiger partial charge >= 0.3 is 5.97 Å². The monoisotopic (exact) mass is 261 g/mol. The van der Waals surface area contributed by atoms with Crippen LogP contribution in [0.4, 0.5) is 5.95 Å². The average molecular weight is 261 g/mol. The lowest BCUT2D eigenvalue weighted by Crippen LogP contribution is -2.36. The van der Waals surface area contributed by atoms with Gasteiger partial charge in [0.05, 0.1) is 11.0 Å². The van der Waals surface area contributed by atoms with Gasteiger partial charge in [-0.25, -0.2) is 9.78 Å². The Balaban J connectivity index is 2.34. The lowest BCUT2D eigenvalue weighted by atomic mass is 9.99. The van der Waals surface area contributed by atoms with Crippen molar-refractivity contribution in [3.63, 3.8) is 0 Å². The molecule has 102 valence electrons. The molecule has 0 radical (unpaired) electrons. The molecule has 1 heterocycles. The zero-order valence-electron chi connectivity index (χ0n) is 11.4. The molecule has 0 amide bonds. The number of aromatic nitrogens is 2. The lowest BCUT2D eigenvalue weighted by molar-refractivity contribution is -0.139. The summed E-state index contributed by atoms with van der Waals surface area (Å²) in [5, 5.41) is 12.3. The second-order valence-electron chi connectivity index (χ2n) is 4.83. The maximum atomic E-state index is 11.3. The molecule has 0 aliphatic rings. The highest BCUT2D eigenvalue weighted by Gasteiger charge is 2.24. The smallest absolute Gasteiger partial charge is 0.326 e. The van der Waals surface area contributed by atoms with Crippen molar-refractivity contribution in [3.05, 3.63) is 24.3 Å². The molecule has 19 heavy (non-hydrogen) atoms. The third kappa shape index (κ3) is 2.54. The van der Waals surface area contributed by atoms with Gasteiger partial charge in [-0.3, -0.25) is 0 Å². The van der Waals surface area contributed by atoms with E-state index in [0.29, 0.717) is 5.95 Å². The zero-order chi connectivity index (χ0) is 14.0. The van der Waals surface area contributed by atoms with Gasteiger partial charge in [0.25, 0.3) is 0 Å². The van der Waals surface area contributed by atoms with Crippen LogP contribution in [0, 0.1) is 5.92 Å². The highest BCUT2D eigenvalue weighted by atomic mass is 16.4. The van der Waals surface area contributed by atoms with Crippen molar-refractivity contribution in [2.75, 3.05) is 5.32 Å². The van der Waals surface area contributed by atoms with Crippen molar-refractivity contribution in [1.29, 1.82) is 0 Å². The molecule has 0 unspecified atom stereocenters. The third-order valence-corrected chi connectivity index (χ3v) is 3.55. The van der Waals surface area contributed by atoms with E-state index in [9.17, 15) is 9.90 Å². The van der Waals surface area contributed by atoms with E-state index >= 15 is 0 Å². The topological polar surface area (TPSA) is 67.2 Å². The lowest BCUT2D eigenvalue weighted by Gasteiger charge is -2.20. The molecule has 5 heteroatoms.